The zero-order valence-corrected chi connectivity index (χ0v) is 23.0. The van der Waals surface area contributed by atoms with Crippen molar-refractivity contribution in [2.45, 2.75) is 70.7 Å². The molecule has 0 aliphatic heterocycles. The Morgan fingerprint density at radius 2 is 1.94 bits per heavy atom. The van der Waals surface area contributed by atoms with Gasteiger partial charge in [0.2, 0.25) is 0 Å². The minimum absolute atomic E-state index is 0.282. The number of nitrogens with zero attached hydrogens (tertiary/aromatic N) is 3. The first kappa shape index (κ1) is 28.8. The maximum atomic E-state index is 7.22. The van der Waals surface area contributed by atoms with Crippen molar-refractivity contribution in [3.05, 3.63) is 53.0 Å². The zero-order valence-electron chi connectivity index (χ0n) is 20.0. The van der Waals surface area contributed by atoms with Gasteiger partial charge in [-0.2, -0.15) is 5.53 Å². The number of rotatable bonds is 17. The van der Waals surface area contributed by atoms with Crippen molar-refractivity contribution in [3.63, 3.8) is 0 Å². The van der Waals surface area contributed by atoms with Crippen LogP contribution < -0.4 is 0 Å². The van der Waals surface area contributed by atoms with Gasteiger partial charge in [0, 0.05) is 36.2 Å². The quantitative estimate of drug-likeness (QED) is 0.0391. The molecule has 0 amide bonds. The highest BCUT2D eigenvalue weighted by Gasteiger charge is 2.16. The van der Waals surface area contributed by atoms with Crippen molar-refractivity contribution in [3.8, 4) is 0 Å². The molecule has 1 atom stereocenters. The molecule has 0 aliphatic carbocycles. The van der Waals surface area contributed by atoms with Crippen LogP contribution in [-0.2, 0) is 3.07 Å². The predicted molar refractivity (Wildman–Crippen MR) is 147 cm³/mol. The van der Waals surface area contributed by atoms with Crippen LogP contribution in [0.4, 0.5) is 0 Å². The molecule has 1 unspecified atom stereocenters. The van der Waals surface area contributed by atoms with Crippen LogP contribution in [0.15, 0.2) is 62.5 Å². The van der Waals surface area contributed by atoms with Crippen molar-refractivity contribution < 1.29 is 3.07 Å². The predicted octanol–water partition coefficient (Wildman–Crippen LogP) is 8.21. The summed E-state index contributed by atoms with van der Waals surface area (Å²) in [5.41, 5.74) is 9.72. The molecule has 7 heteroatoms. The van der Waals surface area contributed by atoms with E-state index in [4.69, 9.17) is 13.6 Å². The summed E-state index contributed by atoms with van der Waals surface area (Å²) in [4.78, 5) is 7.32. The van der Waals surface area contributed by atoms with E-state index in [0.29, 0.717) is 12.6 Å². The summed E-state index contributed by atoms with van der Waals surface area (Å²) in [6.45, 7) is 14.8. The fourth-order valence-corrected chi connectivity index (χ4v) is 4.93. The molecule has 1 aromatic carbocycles. The van der Waals surface area contributed by atoms with E-state index in [1.54, 1.807) is 0 Å². The number of benzene rings is 1. The Kier molecular flexibility index (Phi) is 15.6. The third kappa shape index (κ3) is 11.1. The highest BCUT2D eigenvalue weighted by Crippen LogP contribution is 2.37. The maximum Gasteiger partial charge on any atom is 0.109 e. The molecule has 178 valence electrons. The molecule has 0 saturated carbocycles. The van der Waals surface area contributed by atoms with Crippen LogP contribution in [0.2, 0.25) is 0 Å². The van der Waals surface area contributed by atoms with Crippen LogP contribution in [0, 0.1) is 18.4 Å². The first-order valence-electron chi connectivity index (χ1n) is 11.4. The Labute approximate surface area is 213 Å². The molecule has 0 radical (unpaired) electrons. The summed E-state index contributed by atoms with van der Waals surface area (Å²) < 4.78 is 5.43. The second-order valence-electron chi connectivity index (χ2n) is 8.23. The Morgan fingerprint density at radius 1 is 1.22 bits per heavy atom. The van der Waals surface area contributed by atoms with Gasteiger partial charge in [0.25, 0.3) is 0 Å². The lowest BCUT2D eigenvalue weighted by molar-refractivity contribution is 0.204. The summed E-state index contributed by atoms with van der Waals surface area (Å²) in [5, 5.41) is 5.42. The first-order valence-corrected chi connectivity index (χ1v) is 13.1. The standard InChI is InChI=1S/C25H39IN4OS/c1-6-13-23(18-28-16-11-7-8-12-17-30(29-27)20(2)3)25(22(5)19-31-26)32-24-15-10-9-14-21(24)4/h6,9-10,14-15,18,20,22,27H,1,7-8,11-13,16-17,19H2,2-5H3/b25-23-,28-18?,29-27?. The number of nitrogens with one attached hydrogen (secondary N) is 1. The third-order valence-corrected chi connectivity index (χ3v) is 7.07. The number of aliphatic imine (C=N–C) groups is 1. The molecule has 1 aromatic rings. The smallest absolute Gasteiger partial charge is 0.109 e. The van der Waals surface area contributed by atoms with Crippen LogP contribution in [0.25, 0.3) is 0 Å². The Bertz CT molecular complexity index is 751. The van der Waals surface area contributed by atoms with Gasteiger partial charge < -0.3 is 3.07 Å². The zero-order chi connectivity index (χ0) is 23.8. The molecule has 0 aliphatic rings. The number of hydrogen-bond acceptors (Lipinski definition) is 5. The van der Waals surface area contributed by atoms with E-state index in [2.05, 4.69) is 63.8 Å². The molecule has 0 bridgehead atoms. The summed E-state index contributed by atoms with van der Waals surface area (Å²) in [6, 6.07) is 8.79. The Morgan fingerprint density at radius 3 is 2.56 bits per heavy atom. The maximum absolute atomic E-state index is 7.22. The van der Waals surface area contributed by atoms with Crippen molar-refractivity contribution in [1.82, 2.24) is 5.01 Å². The first-order chi connectivity index (χ1) is 15.4. The van der Waals surface area contributed by atoms with Crippen molar-refractivity contribution in [1.29, 1.82) is 5.53 Å². The summed E-state index contributed by atoms with van der Waals surface area (Å²) in [5.74, 6) is 0.282. The van der Waals surface area contributed by atoms with Crippen LogP contribution in [0.3, 0.4) is 0 Å². The number of allylic oxidation sites excluding steroid dienone is 2. The molecule has 5 nitrogen and oxygen atoms in total. The number of halogens is 1. The monoisotopic (exact) mass is 570 g/mol. The van der Waals surface area contributed by atoms with E-state index in [1.165, 1.54) is 20.9 Å². The van der Waals surface area contributed by atoms with Gasteiger partial charge in [-0.05, 0) is 62.1 Å². The normalized spacial score (nSPS) is 13.3. The molecular weight excluding hydrogens is 531 g/mol. The summed E-state index contributed by atoms with van der Waals surface area (Å²) >= 11 is 3.80. The molecule has 32 heavy (non-hydrogen) atoms. The highest BCUT2D eigenvalue weighted by atomic mass is 127. The van der Waals surface area contributed by atoms with E-state index >= 15 is 0 Å². The van der Waals surface area contributed by atoms with Gasteiger partial charge >= 0.3 is 0 Å². The molecule has 0 aromatic heterocycles. The fourth-order valence-electron chi connectivity index (χ4n) is 3.24. The van der Waals surface area contributed by atoms with Gasteiger partial charge in [-0.15, -0.1) is 6.58 Å². The van der Waals surface area contributed by atoms with E-state index in [0.717, 1.165) is 45.2 Å². The van der Waals surface area contributed by atoms with Crippen LogP contribution in [0.5, 0.6) is 0 Å². The SMILES string of the molecule is C=CC/C(C=NCCCCCCN(N=N)C(C)C)=C(/Sc1ccccc1C)C(C)COI. The highest BCUT2D eigenvalue weighted by molar-refractivity contribution is 14.1. The molecule has 1 rings (SSSR count). The lowest BCUT2D eigenvalue weighted by atomic mass is 10.1. The average Bonchev–Trinajstić information content (AvgIpc) is 2.76. The minimum Gasteiger partial charge on any atom is -0.315 e. The summed E-state index contributed by atoms with van der Waals surface area (Å²) in [6.07, 6.45) is 9.22. The topological polar surface area (TPSA) is 61.0 Å². The van der Waals surface area contributed by atoms with Gasteiger partial charge in [0.15, 0.2) is 0 Å². The summed E-state index contributed by atoms with van der Waals surface area (Å²) in [7, 11) is 0. The molecular formula is C25H39IN4OS. The van der Waals surface area contributed by atoms with Gasteiger partial charge in [-0.25, -0.2) is 0 Å². The van der Waals surface area contributed by atoms with Crippen molar-refractivity contribution in [2.24, 2.45) is 16.1 Å². The van der Waals surface area contributed by atoms with Crippen LogP contribution in [-0.4, -0.2) is 37.0 Å². The van der Waals surface area contributed by atoms with Gasteiger partial charge in [-0.1, -0.05) is 61.0 Å². The van der Waals surface area contributed by atoms with Crippen LogP contribution in [0.1, 0.15) is 58.4 Å². The van der Waals surface area contributed by atoms with E-state index in [1.807, 2.05) is 52.1 Å². The molecule has 0 spiro atoms. The Balaban J connectivity index is 2.73. The Hall–Kier alpha value is -1.19. The van der Waals surface area contributed by atoms with Crippen LogP contribution >= 0.6 is 34.8 Å². The van der Waals surface area contributed by atoms with Gasteiger partial charge in [-0.3, -0.25) is 10.0 Å². The molecule has 0 saturated heterocycles. The second-order valence-corrected chi connectivity index (χ2v) is 9.94. The number of aryl methyl sites for hydroxylation is 1. The van der Waals surface area contributed by atoms with E-state index in [-0.39, 0.29) is 5.92 Å². The molecule has 0 fully saturated rings. The fraction of sp³-hybridized carbons (Fsp3) is 0.560. The van der Waals surface area contributed by atoms with Gasteiger partial charge in [0.1, 0.15) is 23.0 Å². The third-order valence-electron chi connectivity index (χ3n) is 5.15. The van der Waals surface area contributed by atoms with Gasteiger partial charge in [0.05, 0.1) is 6.61 Å². The lowest BCUT2D eigenvalue weighted by Crippen LogP contribution is -2.25. The van der Waals surface area contributed by atoms with E-state index < -0.39 is 0 Å². The van der Waals surface area contributed by atoms with Crippen molar-refractivity contribution in [2.75, 3.05) is 19.7 Å². The molecule has 0 heterocycles. The average molecular weight is 571 g/mol. The largest absolute Gasteiger partial charge is 0.315 e. The number of thioether (sulfide) groups is 1. The number of unbranched alkanes of at least 4 members (excludes halogenated alkanes) is 3. The second kappa shape index (κ2) is 17.3. The lowest BCUT2D eigenvalue weighted by Gasteiger charge is -2.20. The number of hydrogen-bond donors (Lipinski definition) is 1. The minimum atomic E-state index is 0.282. The molecule has 1 N–H and O–H groups in total. The van der Waals surface area contributed by atoms with Crippen molar-refractivity contribution >= 4 is 41.0 Å². The van der Waals surface area contributed by atoms with E-state index in [9.17, 15) is 0 Å².